The molecule has 1 aromatic heterocycles. The second-order valence-electron chi connectivity index (χ2n) is 9.06. The third-order valence-electron chi connectivity index (χ3n) is 5.76. The van der Waals surface area contributed by atoms with Crippen molar-refractivity contribution in [2.45, 2.75) is 70.8 Å². The molecule has 9 nitrogen and oxygen atoms in total. The third kappa shape index (κ3) is 3.86. The van der Waals surface area contributed by atoms with Crippen molar-refractivity contribution in [3.8, 4) is 0 Å². The monoisotopic (exact) mass is 418 g/mol. The van der Waals surface area contributed by atoms with Crippen molar-refractivity contribution in [3.05, 3.63) is 23.9 Å². The molecule has 3 amide bonds. The van der Waals surface area contributed by atoms with E-state index in [4.69, 9.17) is 10.5 Å². The highest BCUT2D eigenvalue weighted by molar-refractivity contribution is 6.01. The number of carbonyl (C=O) groups is 3. The van der Waals surface area contributed by atoms with Crippen molar-refractivity contribution in [2.24, 2.45) is 5.73 Å². The Balaban J connectivity index is 1.79. The minimum atomic E-state index is -0.804. The Morgan fingerprint density at radius 2 is 2.10 bits per heavy atom. The van der Waals surface area contributed by atoms with Crippen LogP contribution in [0.5, 0.6) is 0 Å². The minimum Gasteiger partial charge on any atom is -0.444 e. The van der Waals surface area contributed by atoms with Gasteiger partial charge >= 0.3 is 12.0 Å². The maximum absolute atomic E-state index is 13.3. The number of aromatic nitrogens is 1. The number of nitrogens with one attached hydrogen (secondary N) is 1. The molecule has 0 aromatic carbocycles. The van der Waals surface area contributed by atoms with E-state index in [1.807, 2.05) is 29.8 Å². The fraction of sp³-hybridized carbons (Fsp3) is 0.619. The molecule has 1 aromatic rings. The molecular formula is C21H32N5O4+. The van der Waals surface area contributed by atoms with Crippen molar-refractivity contribution < 1.29 is 23.7 Å². The Kier molecular flexibility index (Phi) is 5.77. The van der Waals surface area contributed by atoms with Gasteiger partial charge in [0.25, 0.3) is 5.82 Å². The van der Waals surface area contributed by atoms with Gasteiger partial charge in [-0.15, -0.1) is 0 Å². The normalized spacial score (nSPS) is 23.6. The van der Waals surface area contributed by atoms with E-state index in [0.717, 1.165) is 11.4 Å². The Bertz CT molecular complexity index is 865. The molecule has 3 heterocycles. The Morgan fingerprint density at radius 3 is 2.70 bits per heavy atom. The predicted molar refractivity (Wildman–Crippen MR) is 111 cm³/mol. The average Bonchev–Trinajstić information content (AvgIpc) is 3.06. The summed E-state index contributed by atoms with van der Waals surface area (Å²) >= 11 is 0. The summed E-state index contributed by atoms with van der Waals surface area (Å²) < 4.78 is 7.35. The number of nitrogens with zero attached hydrogens (tertiary/aromatic N) is 3. The van der Waals surface area contributed by atoms with Crippen molar-refractivity contribution in [2.75, 3.05) is 18.5 Å². The van der Waals surface area contributed by atoms with Gasteiger partial charge in [0, 0.05) is 25.6 Å². The zero-order valence-corrected chi connectivity index (χ0v) is 18.5. The van der Waals surface area contributed by atoms with Gasteiger partial charge in [0.1, 0.15) is 23.7 Å². The summed E-state index contributed by atoms with van der Waals surface area (Å²) in [5, 5.41) is 2.85. The van der Waals surface area contributed by atoms with Crippen LogP contribution in [-0.4, -0.2) is 60.1 Å². The highest BCUT2D eigenvalue weighted by Crippen LogP contribution is 2.34. The number of hydrogen-bond acceptors (Lipinski definition) is 5. The lowest BCUT2D eigenvalue weighted by molar-refractivity contribution is -0.710. The largest absolute Gasteiger partial charge is 0.444 e. The summed E-state index contributed by atoms with van der Waals surface area (Å²) in [5.74, 6) is 0.260. The number of hydrogen-bond donors (Lipinski definition) is 2. The highest BCUT2D eigenvalue weighted by atomic mass is 16.6. The topological polar surface area (TPSA) is 109 Å². The minimum absolute atomic E-state index is 0.130. The summed E-state index contributed by atoms with van der Waals surface area (Å²) in [4.78, 5) is 41.5. The number of anilines is 1. The van der Waals surface area contributed by atoms with Crippen LogP contribution in [-0.2, 0) is 20.7 Å². The molecule has 0 spiro atoms. The summed E-state index contributed by atoms with van der Waals surface area (Å²) in [6.07, 6.45) is 2.01. The molecule has 0 saturated carbocycles. The van der Waals surface area contributed by atoms with Crippen LogP contribution in [0, 0.1) is 0 Å². The van der Waals surface area contributed by atoms with Crippen LogP contribution in [0.1, 0.15) is 46.2 Å². The second-order valence-corrected chi connectivity index (χ2v) is 9.06. The van der Waals surface area contributed by atoms with Crippen LogP contribution in [0.2, 0.25) is 0 Å². The number of rotatable bonds is 4. The average molecular weight is 419 g/mol. The van der Waals surface area contributed by atoms with Gasteiger partial charge in [0.15, 0.2) is 6.04 Å². The molecule has 4 unspecified atom stereocenters. The molecule has 0 saturated heterocycles. The van der Waals surface area contributed by atoms with Gasteiger partial charge in [-0.3, -0.25) is 9.69 Å². The SMILES string of the molecule is CC(C(=O)NC1C(=O)N2c3c(ccc[n+]3C1C)CC2CN)N(C)C(=O)OC(C)(C)C. The van der Waals surface area contributed by atoms with Gasteiger partial charge in [-0.05, 0) is 46.8 Å². The van der Waals surface area contributed by atoms with E-state index in [-0.39, 0.29) is 18.0 Å². The van der Waals surface area contributed by atoms with Gasteiger partial charge in [0.2, 0.25) is 5.91 Å². The van der Waals surface area contributed by atoms with Crippen molar-refractivity contribution in [1.29, 1.82) is 0 Å². The van der Waals surface area contributed by atoms with E-state index in [0.29, 0.717) is 13.0 Å². The fourth-order valence-electron chi connectivity index (χ4n) is 3.96. The number of likely N-dealkylation sites (N-methyl/N-ethyl adjacent to an activating group) is 1. The first-order valence-electron chi connectivity index (χ1n) is 10.3. The number of pyridine rings is 1. The van der Waals surface area contributed by atoms with Crippen LogP contribution >= 0.6 is 0 Å². The maximum atomic E-state index is 13.3. The first-order valence-corrected chi connectivity index (χ1v) is 10.3. The first-order chi connectivity index (χ1) is 14.0. The quantitative estimate of drug-likeness (QED) is 0.693. The fourth-order valence-corrected chi connectivity index (χ4v) is 3.96. The molecule has 164 valence electrons. The molecule has 30 heavy (non-hydrogen) atoms. The number of amides is 3. The summed E-state index contributed by atoms with van der Waals surface area (Å²) in [5.41, 5.74) is 6.33. The first kappa shape index (κ1) is 22.0. The number of carbonyl (C=O) groups excluding carboxylic acids is 3. The molecule has 2 aliphatic heterocycles. The van der Waals surface area contributed by atoms with Crippen molar-refractivity contribution in [1.82, 2.24) is 10.2 Å². The Labute approximate surface area is 177 Å². The van der Waals surface area contributed by atoms with Gasteiger partial charge in [-0.2, -0.15) is 4.90 Å². The second kappa shape index (κ2) is 7.86. The lowest BCUT2D eigenvalue weighted by Gasteiger charge is -2.34. The van der Waals surface area contributed by atoms with Crippen LogP contribution in [0.4, 0.5) is 10.6 Å². The molecular weight excluding hydrogens is 386 g/mol. The molecule has 3 N–H and O–H groups in total. The number of ether oxygens (including phenoxy) is 1. The van der Waals surface area contributed by atoms with E-state index in [9.17, 15) is 14.4 Å². The van der Waals surface area contributed by atoms with E-state index in [1.54, 1.807) is 32.6 Å². The van der Waals surface area contributed by atoms with Gasteiger partial charge in [-0.1, -0.05) is 0 Å². The number of nitrogens with two attached hydrogens (primary N) is 1. The molecule has 9 heteroatoms. The molecule has 0 fully saturated rings. The van der Waals surface area contributed by atoms with Crippen LogP contribution in [0.3, 0.4) is 0 Å². The lowest BCUT2D eigenvalue weighted by atomic mass is 10.0. The van der Waals surface area contributed by atoms with Crippen molar-refractivity contribution >= 4 is 23.7 Å². The molecule has 0 radical (unpaired) electrons. The highest BCUT2D eigenvalue weighted by Gasteiger charge is 2.53. The molecule has 3 rings (SSSR count). The summed E-state index contributed by atoms with van der Waals surface area (Å²) in [6, 6.07) is 1.98. The zero-order chi connectivity index (χ0) is 22.4. The lowest BCUT2D eigenvalue weighted by Crippen LogP contribution is -2.67. The van der Waals surface area contributed by atoms with Crippen LogP contribution < -0.4 is 20.5 Å². The smallest absolute Gasteiger partial charge is 0.410 e. The Morgan fingerprint density at radius 1 is 1.43 bits per heavy atom. The van der Waals surface area contributed by atoms with Crippen LogP contribution in [0.25, 0.3) is 0 Å². The maximum Gasteiger partial charge on any atom is 0.410 e. The molecule has 4 atom stereocenters. The molecule has 2 aliphatic rings. The van der Waals surface area contributed by atoms with E-state index in [1.165, 1.54) is 11.9 Å². The Hall–Kier alpha value is -2.68. The standard InChI is InChI=1S/C21H31N5O4/c1-12-16(23-17(27)13(2)24(6)20(29)30-21(3,4)5)19(28)26-15(11-22)10-14-8-7-9-25(12)18(14)26/h7-9,12-13,15-16H,10-11,22H2,1-6H3/p+1. The molecule has 0 bridgehead atoms. The molecule has 0 aliphatic carbocycles. The van der Waals surface area contributed by atoms with Crippen molar-refractivity contribution in [3.63, 3.8) is 0 Å². The van der Waals surface area contributed by atoms with E-state index >= 15 is 0 Å². The van der Waals surface area contributed by atoms with Gasteiger partial charge < -0.3 is 15.8 Å². The summed E-state index contributed by atoms with van der Waals surface area (Å²) in [7, 11) is 1.51. The van der Waals surface area contributed by atoms with E-state index < -0.39 is 29.7 Å². The van der Waals surface area contributed by atoms with E-state index in [2.05, 4.69) is 5.32 Å². The zero-order valence-electron chi connectivity index (χ0n) is 18.5. The van der Waals surface area contributed by atoms with Gasteiger partial charge in [-0.25, -0.2) is 14.2 Å². The summed E-state index contributed by atoms with van der Waals surface area (Å²) in [6.45, 7) is 9.14. The third-order valence-corrected chi connectivity index (χ3v) is 5.76. The van der Waals surface area contributed by atoms with Crippen LogP contribution in [0.15, 0.2) is 18.3 Å². The predicted octanol–water partition coefficient (Wildman–Crippen LogP) is 0.505. The van der Waals surface area contributed by atoms with Gasteiger partial charge in [0.05, 0.1) is 6.20 Å².